The summed E-state index contributed by atoms with van der Waals surface area (Å²) in [5.41, 5.74) is 4.72. The fraction of sp³-hybridized carbons (Fsp3) is 0.0952. The molecule has 11 heteroatoms. The van der Waals surface area contributed by atoms with Crippen molar-refractivity contribution in [3.05, 3.63) is 82.1 Å². The van der Waals surface area contributed by atoms with E-state index in [0.717, 1.165) is 0 Å². The molecule has 9 nitrogen and oxygen atoms in total. The number of nitrogens with zero attached hydrogens (tertiary/aromatic N) is 5. The quantitative estimate of drug-likeness (QED) is 0.372. The second-order valence-corrected chi connectivity index (χ2v) is 7.46. The molecule has 32 heavy (non-hydrogen) atoms. The summed E-state index contributed by atoms with van der Waals surface area (Å²) >= 11 is 6.30. The molecule has 0 saturated heterocycles. The minimum Gasteiger partial charge on any atom is -0.358 e. The predicted octanol–water partition coefficient (Wildman–Crippen LogP) is 3.90. The van der Waals surface area contributed by atoms with Gasteiger partial charge in [0.05, 0.1) is 34.0 Å². The van der Waals surface area contributed by atoms with Gasteiger partial charge in [-0.2, -0.15) is 0 Å². The first-order valence-corrected chi connectivity index (χ1v) is 10.0. The van der Waals surface area contributed by atoms with Crippen LogP contribution in [0.5, 0.6) is 0 Å². The van der Waals surface area contributed by atoms with Gasteiger partial charge in [0.1, 0.15) is 17.7 Å². The maximum absolute atomic E-state index is 13.4. The molecule has 160 valence electrons. The number of hydrogen-bond acceptors (Lipinski definition) is 7. The number of fused-ring (bicyclic) bond motifs is 2. The summed E-state index contributed by atoms with van der Waals surface area (Å²) in [6, 6.07) is 10.3. The predicted molar refractivity (Wildman–Crippen MR) is 120 cm³/mol. The van der Waals surface area contributed by atoms with Crippen LogP contribution in [0.1, 0.15) is 18.8 Å². The van der Waals surface area contributed by atoms with Crippen molar-refractivity contribution in [2.45, 2.75) is 13.0 Å². The van der Waals surface area contributed by atoms with Crippen LogP contribution in [0.15, 0.2) is 59.9 Å². The van der Waals surface area contributed by atoms with Gasteiger partial charge in [0.2, 0.25) is 0 Å². The highest BCUT2D eigenvalue weighted by molar-refractivity contribution is 6.35. The maximum Gasteiger partial charge on any atom is 0.281 e. The minimum absolute atomic E-state index is 0.276. The van der Waals surface area contributed by atoms with Crippen LogP contribution in [0.3, 0.4) is 0 Å². The fourth-order valence-corrected chi connectivity index (χ4v) is 3.65. The molecule has 2 aromatic carbocycles. The van der Waals surface area contributed by atoms with Crippen LogP contribution in [-0.4, -0.2) is 29.6 Å². The number of hydrogen-bond donors (Lipinski definition) is 3. The topological polar surface area (TPSA) is 113 Å². The van der Waals surface area contributed by atoms with Gasteiger partial charge in [0.25, 0.3) is 5.56 Å². The molecule has 1 unspecified atom stereocenters. The SMILES string of the molecule is CC(Nc1ncnc2nc[nH]c12)c1nc2cccc(Cl)c2c(=O)n1Nc1ccc(F)cc1. The monoisotopic (exact) mass is 450 g/mol. The van der Waals surface area contributed by atoms with E-state index in [-0.39, 0.29) is 21.8 Å². The third-order valence-corrected chi connectivity index (χ3v) is 5.24. The molecule has 5 aromatic rings. The average Bonchev–Trinajstić information content (AvgIpc) is 3.27. The Hall–Kier alpha value is -4.05. The molecule has 0 fully saturated rings. The summed E-state index contributed by atoms with van der Waals surface area (Å²) in [4.78, 5) is 33.6. The van der Waals surface area contributed by atoms with Gasteiger partial charge in [-0.05, 0) is 43.3 Å². The summed E-state index contributed by atoms with van der Waals surface area (Å²) in [5, 5.41) is 3.82. The number of nitrogens with one attached hydrogen (secondary N) is 3. The Kier molecular flexibility index (Phi) is 4.91. The molecular formula is C21H16ClFN8O. The molecule has 0 radical (unpaired) electrons. The van der Waals surface area contributed by atoms with Gasteiger partial charge in [-0.15, -0.1) is 0 Å². The lowest BCUT2D eigenvalue weighted by Gasteiger charge is -2.21. The van der Waals surface area contributed by atoms with Gasteiger partial charge in [-0.1, -0.05) is 17.7 Å². The molecule has 0 saturated carbocycles. The van der Waals surface area contributed by atoms with Gasteiger partial charge < -0.3 is 10.3 Å². The minimum atomic E-state index is -0.472. The molecule has 1 atom stereocenters. The Morgan fingerprint density at radius 2 is 1.94 bits per heavy atom. The normalized spacial score (nSPS) is 12.2. The highest BCUT2D eigenvalue weighted by atomic mass is 35.5. The molecule has 0 amide bonds. The highest BCUT2D eigenvalue weighted by Crippen LogP contribution is 2.24. The van der Waals surface area contributed by atoms with Gasteiger partial charge in [-0.3, -0.25) is 10.2 Å². The van der Waals surface area contributed by atoms with Crippen LogP contribution in [-0.2, 0) is 0 Å². The molecule has 0 bridgehead atoms. The summed E-state index contributed by atoms with van der Waals surface area (Å²) in [6.07, 6.45) is 2.92. The number of anilines is 2. The van der Waals surface area contributed by atoms with Crippen molar-refractivity contribution in [2.24, 2.45) is 0 Å². The van der Waals surface area contributed by atoms with E-state index in [4.69, 9.17) is 11.6 Å². The molecule has 5 rings (SSSR count). The summed E-state index contributed by atoms with van der Waals surface area (Å²) in [5.74, 6) is 0.499. The van der Waals surface area contributed by atoms with Crippen LogP contribution in [0, 0.1) is 5.82 Å². The van der Waals surface area contributed by atoms with Crippen molar-refractivity contribution >= 4 is 45.2 Å². The summed E-state index contributed by atoms with van der Waals surface area (Å²) in [7, 11) is 0. The molecule has 0 spiro atoms. The number of H-pyrrole nitrogens is 1. The lowest BCUT2D eigenvalue weighted by atomic mass is 10.2. The van der Waals surface area contributed by atoms with Crippen molar-refractivity contribution < 1.29 is 4.39 Å². The molecule has 3 heterocycles. The summed E-state index contributed by atoms with van der Waals surface area (Å²) < 4.78 is 14.7. The zero-order valence-corrected chi connectivity index (χ0v) is 17.4. The van der Waals surface area contributed by atoms with E-state index in [2.05, 4.69) is 35.7 Å². The van der Waals surface area contributed by atoms with Crippen LogP contribution in [0.4, 0.5) is 15.9 Å². The molecule has 0 aliphatic rings. The Morgan fingerprint density at radius 3 is 2.75 bits per heavy atom. The largest absolute Gasteiger partial charge is 0.358 e. The van der Waals surface area contributed by atoms with Crippen molar-refractivity contribution in [3.8, 4) is 0 Å². The highest BCUT2D eigenvalue weighted by Gasteiger charge is 2.20. The van der Waals surface area contributed by atoms with E-state index in [1.165, 1.54) is 41.6 Å². The molecule has 0 aliphatic heterocycles. The number of rotatable bonds is 5. The second kappa shape index (κ2) is 7.89. The number of aromatic nitrogens is 6. The van der Waals surface area contributed by atoms with Crippen LogP contribution in [0.25, 0.3) is 22.1 Å². The van der Waals surface area contributed by atoms with Gasteiger partial charge >= 0.3 is 0 Å². The van der Waals surface area contributed by atoms with E-state index in [1.807, 2.05) is 6.92 Å². The number of aromatic amines is 1. The van der Waals surface area contributed by atoms with Crippen molar-refractivity contribution in [1.82, 2.24) is 29.6 Å². The zero-order valence-electron chi connectivity index (χ0n) is 16.7. The van der Waals surface area contributed by atoms with E-state index in [1.54, 1.807) is 18.2 Å². The fourth-order valence-electron chi connectivity index (χ4n) is 3.40. The molecule has 3 N–H and O–H groups in total. The van der Waals surface area contributed by atoms with E-state index >= 15 is 0 Å². The molecule has 3 aromatic heterocycles. The van der Waals surface area contributed by atoms with Crippen molar-refractivity contribution in [1.29, 1.82) is 0 Å². The van der Waals surface area contributed by atoms with Gasteiger partial charge in [0, 0.05) is 0 Å². The van der Waals surface area contributed by atoms with Crippen LogP contribution >= 0.6 is 11.6 Å². The van der Waals surface area contributed by atoms with E-state index in [0.29, 0.717) is 34.0 Å². The lowest BCUT2D eigenvalue weighted by Crippen LogP contribution is -2.33. The first-order chi connectivity index (χ1) is 15.5. The Balaban J connectivity index is 1.64. The van der Waals surface area contributed by atoms with E-state index < -0.39 is 6.04 Å². The standard InChI is InChI=1S/C21H16ClFN8O/c1-11(28-19-17-18(25-9-24-17)26-10-27-19)20-29-15-4-2-3-14(22)16(15)21(32)31(20)30-13-7-5-12(23)6-8-13/h2-11,30H,1H3,(H2,24,25,26,27,28). The van der Waals surface area contributed by atoms with Gasteiger partial charge in [0.15, 0.2) is 17.3 Å². The number of imidazole rings is 1. The van der Waals surface area contributed by atoms with Crippen molar-refractivity contribution in [2.75, 3.05) is 10.7 Å². The third kappa shape index (κ3) is 3.50. The van der Waals surface area contributed by atoms with E-state index in [9.17, 15) is 9.18 Å². The second-order valence-electron chi connectivity index (χ2n) is 7.05. The summed E-state index contributed by atoms with van der Waals surface area (Å²) in [6.45, 7) is 1.84. The maximum atomic E-state index is 13.4. The van der Waals surface area contributed by atoms with Crippen molar-refractivity contribution in [3.63, 3.8) is 0 Å². The Bertz CT molecular complexity index is 1500. The first kappa shape index (κ1) is 19.9. The molecular weight excluding hydrogens is 435 g/mol. The smallest absolute Gasteiger partial charge is 0.281 e. The number of benzene rings is 2. The third-order valence-electron chi connectivity index (χ3n) is 4.92. The zero-order chi connectivity index (χ0) is 22.2. The molecule has 0 aliphatic carbocycles. The van der Waals surface area contributed by atoms with Gasteiger partial charge in [-0.25, -0.2) is 29.0 Å². The average molecular weight is 451 g/mol. The van der Waals surface area contributed by atoms with Crippen LogP contribution in [0.2, 0.25) is 5.02 Å². The number of halogens is 2. The first-order valence-electron chi connectivity index (χ1n) is 9.65. The van der Waals surface area contributed by atoms with Crippen LogP contribution < -0.4 is 16.3 Å². The Morgan fingerprint density at radius 1 is 1.12 bits per heavy atom. The Labute approximate surface area is 185 Å². The lowest BCUT2D eigenvalue weighted by molar-refractivity contribution is 0.627.